The number of nitrogens with zero attached hydrogens (tertiary/aromatic N) is 4. The number of amides is 1. The number of nitrogens with one attached hydrogen (secondary N) is 1. The fraction of sp³-hybridized carbons (Fsp3) is 0.360. The zero-order valence-corrected chi connectivity index (χ0v) is 19.2. The van der Waals surface area contributed by atoms with Crippen LogP contribution in [0.2, 0.25) is 0 Å². The van der Waals surface area contributed by atoms with Crippen LogP contribution in [0.5, 0.6) is 5.75 Å². The van der Waals surface area contributed by atoms with Crippen LogP contribution in [0.15, 0.2) is 53.3 Å². The summed E-state index contributed by atoms with van der Waals surface area (Å²) in [6, 6.07) is 16.6. The number of rotatable bonds is 10. The predicted molar refractivity (Wildman–Crippen MR) is 128 cm³/mol. The van der Waals surface area contributed by atoms with Crippen molar-refractivity contribution in [3.63, 3.8) is 0 Å². The van der Waals surface area contributed by atoms with Crippen LogP contribution in [0.25, 0.3) is 10.9 Å². The predicted octanol–water partition coefficient (Wildman–Crippen LogP) is 3.48. The van der Waals surface area contributed by atoms with E-state index in [1.165, 1.54) is 0 Å². The third-order valence-electron chi connectivity index (χ3n) is 5.29. The Morgan fingerprint density at radius 1 is 1.18 bits per heavy atom. The van der Waals surface area contributed by atoms with E-state index in [2.05, 4.69) is 16.0 Å². The standard InChI is InChI=1S/C25H29N5O3/c1-4-33-20-12-10-19(11-13-20)30(15-7-14-26)24(31)17-29(18(2)3)16-23-27-22-9-6-5-8-21(22)25(32)28-23/h5-6,8-13,18H,4,7,15-17H2,1-3H3,(H,27,28,32). The van der Waals surface area contributed by atoms with Gasteiger partial charge in [-0.3, -0.25) is 14.5 Å². The summed E-state index contributed by atoms with van der Waals surface area (Å²) < 4.78 is 5.48. The molecule has 0 fully saturated rings. The first kappa shape index (κ1) is 24.0. The molecule has 1 amide bonds. The normalized spacial score (nSPS) is 11.0. The van der Waals surface area contributed by atoms with Crippen molar-refractivity contribution in [2.45, 2.75) is 39.8 Å². The highest BCUT2D eigenvalue weighted by molar-refractivity contribution is 5.94. The summed E-state index contributed by atoms with van der Waals surface area (Å²) in [5.41, 5.74) is 1.13. The first-order valence-electron chi connectivity index (χ1n) is 11.0. The number of hydrogen-bond donors (Lipinski definition) is 1. The molecule has 8 nitrogen and oxygen atoms in total. The molecule has 0 saturated carbocycles. The molecule has 0 aliphatic carbocycles. The largest absolute Gasteiger partial charge is 0.494 e. The third-order valence-corrected chi connectivity index (χ3v) is 5.29. The number of carbonyl (C=O) groups is 1. The second-order valence-corrected chi connectivity index (χ2v) is 7.91. The second kappa shape index (κ2) is 11.2. The van der Waals surface area contributed by atoms with Crippen LogP contribution in [-0.4, -0.2) is 46.5 Å². The number of ether oxygens (including phenoxy) is 1. The van der Waals surface area contributed by atoms with Gasteiger partial charge in [-0.2, -0.15) is 5.26 Å². The molecule has 1 heterocycles. The van der Waals surface area contributed by atoms with Gasteiger partial charge in [0.05, 0.1) is 43.1 Å². The van der Waals surface area contributed by atoms with Gasteiger partial charge >= 0.3 is 0 Å². The Kier molecular flexibility index (Phi) is 8.17. The summed E-state index contributed by atoms with van der Waals surface area (Å²) in [5.74, 6) is 1.10. The molecule has 1 aromatic heterocycles. The van der Waals surface area contributed by atoms with E-state index in [9.17, 15) is 9.59 Å². The van der Waals surface area contributed by atoms with E-state index in [1.54, 1.807) is 23.1 Å². The van der Waals surface area contributed by atoms with Gasteiger partial charge in [-0.05, 0) is 57.2 Å². The van der Waals surface area contributed by atoms with Crippen LogP contribution < -0.4 is 15.2 Å². The number of hydrogen-bond acceptors (Lipinski definition) is 6. The van der Waals surface area contributed by atoms with Gasteiger partial charge in [-0.25, -0.2) is 4.98 Å². The molecule has 3 aromatic rings. The van der Waals surface area contributed by atoms with Crippen molar-refractivity contribution in [1.82, 2.24) is 14.9 Å². The highest BCUT2D eigenvalue weighted by Gasteiger charge is 2.22. The van der Waals surface area contributed by atoms with Crippen molar-refractivity contribution in [3.8, 4) is 11.8 Å². The molecule has 3 rings (SSSR count). The van der Waals surface area contributed by atoms with Crippen LogP contribution in [0.3, 0.4) is 0 Å². The Labute approximate surface area is 193 Å². The Morgan fingerprint density at radius 2 is 1.91 bits per heavy atom. The van der Waals surface area contributed by atoms with Crippen molar-refractivity contribution >= 4 is 22.5 Å². The molecule has 8 heteroatoms. The van der Waals surface area contributed by atoms with Gasteiger partial charge in [0.15, 0.2) is 0 Å². The first-order chi connectivity index (χ1) is 15.9. The van der Waals surface area contributed by atoms with Crippen LogP contribution in [0.4, 0.5) is 5.69 Å². The molecule has 1 N–H and O–H groups in total. The fourth-order valence-corrected chi connectivity index (χ4v) is 3.53. The van der Waals surface area contributed by atoms with E-state index >= 15 is 0 Å². The van der Waals surface area contributed by atoms with Crippen molar-refractivity contribution < 1.29 is 9.53 Å². The molecule has 0 saturated heterocycles. The van der Waals surface area contributed by atoms with Gasteiger partial charge in [0.1, 0.15) is 11.6 Å². The number of benzene rings is 2. The van der Waals surface area contributed by atoms with Crippen LogP contribution in [-0.2, 0) is 11.3 Å². The quantitative estimate of drug-likeness (QED) is 0.510. The minimum Gasteiger partial charge on any atom is -0.494 e. The van der Waals surface area contributed by atoms with E-state index in [0.29, 0.717) is 42.1 Å². The molecule has 0 unspecified atom stereocenters. The maximum Gasteiger partial charge on any atom is 0.258 e. The topological polar surface area (TPSA) is 102 Å². The Balaban J connectivity index is 1.80. The second-order valence-electron chi connectivity index (χ2n) is 7.91. The van der Waals surface area contributed by atoms with E-state index in [0.717, 1.165) is 5.75 Å². The smallest absolute Gasteiger partial charge is 0.258 e. The lowest BCUT2D eigenvalue weighted by Crippen LogP contribution is -2.43. The molecular formula is C25H29N5O3. The minimum absolute atomic E-state index is 0.0314. The molecule has 0 atom stereocenters. The molecular weight excluding hydrogens is 418 g/mol. The zero-order chi connectivity index (χ0) is 23.8. The Bertz CT molecular complexity index is 1180. The minimum atomic E-state index is -0.198. The van der Waals surface area contributed by atoms with Gasteiger partial charge in [0, 0.05) is 18.3 Å². The molecule has 0 aliphatic rings. The highest BCUT2D eigenvalue weighted by Crippen LogP contribution is 2.21. The number of aromatic nitrogens is 2. The molecule has 2 aromatic carbocycles. The Morgan fingerprint density at radius 3 is 2.58 bits per heavy atom. The molecule has 0 spiro atoms. The van der Waals surface area contributed by atoms with E-state index in [4.69, 9.17) is 10.00 Å². The van der Waals surface area contributed by atoms with Gasteiger partial charge in [-0.15, -0.1) is 0 Å². The highest BCUT2D eigenvalue weighted by atomic mass is 16.5. The van der Waals surface area contributed by atoms with E-state index < -0.39 is 0 Å². The lowest BCUT2D eigenvalue weighted by Gasteiger charge is -2.29. The van der Waals surface area contributed by atoms with Gasteiger partial charge in [0.25, 0.3) is 5.56 Å². The number of fused-ring (bicyclic) bond motifs is 1. The van der Waals surface area contributed by atoms with Gasteiger partial charge in [-0.1, -0.05) is 12.1 Å². The maximum absolute atomic E-state index is 13.3. The molecule has 0 bridgehead atoms. The summed E-state index contributed by atoms with van der Waals surface area (Å²) in [4.78, 5) is 36.7. The summed E-state index contributed by atoms with van der Waals surface area (Å²) in [5, 5.41) is 9.61. The lowest BCUT2D eigenvalue weighted by atomic mass is 10.2. The molecule has 172 valence electrons. The van der Waals surface area contributed by atoms with Gasteiger partial charge < -0.3 is 14.6 Å². The van der Waals surface area contributed by atoms with Crippen molar-refractivity contribution in [3.05, 3.63) is 64.7 Å². The number of H-pyrrole nitrogens is 1. The number of aromatic amines is 1. The summed E-state index contributed by atoms with van der Waals surface area (Å²) in [7, 11) is 0. The maximum atomic E-state index is 13.3. The Hall–Kier alpha value is -3.70. The summed E-state index contributed by atoms with van der Waals surface area (Å²) >= 11 is 0. The first-order valence-corrected chi connectivity index (χ1v) is 11.0. The lowest BCUT2D eigenvalue weighted by molar-refractivity contribution is -0.120. The average Bonchev–Trinajstić information content (AvgIpc) is 2.80. The van der Waals surface area contributed by atoms with Crippen LogP contribution in [0, 0.1) is 11.3 Å². The molecule has 0 aliphatic heterocycles. The molecule has 0 radical (unpaired) electrons. The van der Waals surface area contributed by atoms with E-state index in [-0.39, 0.29) is 30.5 Å². The number of para-hydroxylation sites is 1. The average molecular weight is 448 g/mol. The van der Waals surface area contributed by atoms with Crippen molar-refractivity contribution in [1.29, 1.82) is 5.26 Å². The fourth-order valence-electron chi connectivity index (χ4n) is 3.53. The number of carbonyl (C=O) groups excluding carboxylic acids is 1. The van der Waals surface area contributed by atoms with Gasteiger partial charge in [0.2, 0.25) is 5.91 Å². The summed E-state index contributed by atoms with van der Waals surface area (Å²) in [6.45, 7) is 7.18. The third kappa shape index (κ3) is 6.18. The number of nitriles is 1. The van der Waals surface area contributed by atoms with Crippen LogP contribution in [0.1, 0.15) is 33.0 Å². The zero-order valence-electron chi connectivity index (χ0n) is 19.2. The molecule has 33 heavy (non-hydrogen) atoms. The summed E-state index contributed by atoms with van der Waals surface area (Å²) in [6.07, 6.45) is 0.222. The van der Waals surface area contributed by atoms with Crippen molar-refractivity contribution in [2.75, 3.05) is 24.6 Å². The SMILES string of the molecule is CCOc1ccc(N(CCC#N)C(=O)CN(Cc2nc3ccccc3c(=O)[nH]2)C(C)C)cc1. The number of anilines is 1. The van der Waals surface area contributed by atoms with Crippen molar-refractivity contribution in [2.24, 2.45) is 0 Å². The van der Waals surface area contributed by atoms with E-state index in [1.807, 2.05) is 56.0 Å². The van der Waals surface area contributed by atoms with Crippen LogP contribution >= 0.6 is 0 Å². The monoisotopic (exact) mass is 447 g/mol.